The molecule has 1 saturated heterocycles. The van der Waals surface area contributed by atoms with Crippen LogP contribution in [-0.4, -0.2) is 81.2 Å². The summed E-state index contributed by atoms with van der Waals surface area (Å²) in [5.74, 6) is -1.97. The van der Waals surface area contributed by atoms with Gasteiger partial charge in [0.1, 0.15) is 35.2 Å². The number of carbonyl (C=O) groups is 4. The first kappa shape index (κ1) is 35.2. The Morgan fingerprint density at radius 2 is 1.80 bits per heavy atom. The quantitative estimate of drug-likeness (QED) is 0.311. The van der Waals surface area contributed by atoms with Crippen LogP contribution >= 0.6 is 0 Å². The number of hydrogen-bond donors (Lipinski definition) is 2. The standard InChI is InChI=1S/C39H50N4O8/c1-49-27-17-18-29-31(20-27)41-36-30(40-29)15-9-5-7-11-24-13-10-16-33(24)51-34(44)19-25-12-6-3-2-4-8-14-26-22-39(26,38(47)48)42-35(45)32-21-28(50-36)23-43(32)37(25)46/h8,14,17-18,20,24-26,28,32-33H,2-7,9-13,15-16,19,21-23H2,1H3,(H,42,45)(H,47,48)/b14-8-/t24-,25-,26-,28-,32+,33-,39-/m1/s1. The third-order valence-corrected chi connectivity index (χ3v) is 11.7. The van der Waals surface area contributed by atoms with Crippen LogP contribution < -0.4 is 14.8 Å². The zero-order valence-corrected chi connectivity index (χ0v) is 29.5. The monoisotopic (exact) mass is 702 g/mol. The van der Waals surface area contributed by atoms with E-state index >= 15 is 0 Å². The number of fused-ring (bicyclic) bond motifs is 6. The molecule has 274 valence electrons. The maximum Gasteiger partial charge on any atom is 0.330 e. The molecule has 5 aliphatic rings. The van der Waals surface area contributed by atoms with Gasteiger partial charge >= 0.3 is 11.9 Å². The Morgan fingerprint density at radius 3 is 2.65 bits per heavy atom. The lowest BCUT2D eigenvalue weighted by atomic mass is 9.94. The maximum absolute atomic E-state index is 14.5. The minimum absolute atomic E-state index is 0.0540. The van der Waals surface area contributed by atoms with Crippen molar-refractivity contribution in [1.82, 2.24) is 20.2 Å². The molecule has 7 atom stereocenters. The molecule has 7 rings (SSSR count). The van der Waals surface area contributed by atoms with E-state index in [0.29, 0.717) is 42.3 Å². The van der Waals surface area contributed by atoms with Crippen LogP contribution in [-0.2, 0) is 30.3 Å². The average Bonchev–Trinajstić information content (AvgIpc) is 3.39. The molecule has 3 aliphatic heterocycles. The molecule has 2 N–H and O–H groups in total. The number of carbonyl (C=O) groups excluding carboxylic acids is 3. The molecule has 2 aliphatic carbocycles. The molecule has 1 aromatic heterocycles. The van der Waals surface area contributed by atoms with E-state index in [9.17, 15) is 24.3 Å². The number of carboxylic acids is 1. The van der Waals surface area contributed by atoms with Crippen LogP contribution in [0.3, 0.4) is 0 Å². The van der Waals surface area contributed by atoms with E-state index in [2.05, 4.69) is 5.32 Å². The summed E-state index contributed by atoms with van der Waals surface area (Å²) in [6.07, 6.45) is 14.7. The molecule has 51 heavy (non-hydrogen) atoms. The number of aromatic nitrogens is 2. The van der Waals surface area contributed by atoms with Crippen molar-refractivity contribution in [2.24, 2.45) is 17.8 Å². The van der Waals surface area contributed by atoms with Gasteiger partial charge in [-0.1, -0.05) is 37.8 Å². The molecule has 0 unspecified atom stereocenters. The van der Waals surface area contributed by atoms with Gasteiger partial charge in [-0.15, -0.1) is 0 Å². The highest BCUT2D eigenvalue weighted by Crippen LogP contribution is 2.45. The van der Waals surface area contributed by atoms with E-state index in [1.807, 2.05) is 24.3 Å². The molecule has 12 heteroatoms. The number of hydrogen-bond acceptors (Lipinski definition) is 9. The number of allylic oxidation sites excluding steroid dienone is 1. The molecular weight excluding hydrogens is 652 g/mol. The first-order valence-electron chi connectivity index (χ1n) is 19.0. The topological polar surface area (TPSA) is 157 Å². The maximum atomic E-state index is 14.5. The fourth-order valence-electron chi connectivity index (χ4n) is 8.66. The van der Waals surface area contributed by atoms with Crippen molar-refractivity contribution in [3.8, 4) is 11.6 Å². The number of aryl methyl sites for hydroxylation is 1. The highest BCUT2D eigenvalue weighted by atomic mass is 16.5. The van der Waals surface area contributed by atoms with Gasteiger partial charge in [0.05, 0.1) is 31.1 Å². The van der Waals surface area contributed by atoms with Crippen LogP contribution in [0.15, 0.2) is 30.4 Å². The molecule has 0 radical (unpaired) electrons. The summed E-state index contributed by atoms with van der Waals surface area (Å²) in [5.41, 5.74) is 0.639. The Morgan fingerprint density at radius 1 is 0.980 bits per heavy atom. The van der Waals surface area contributed by atoms with Gasteiger partial charge in [-0.3, -0.25) is 14.4 Å². The second-order valence-electron chi connectivity index (χ2n) is 15.2. The number of nitrogens with one attached hydrogen (secondary N) is 1. The van der Waals surface area contributed by atoms with Crippen LogP contribution in [0.2, 0.25) is 0 Å². The van der Waals surface area contributed by atoms with Crippen molar-refractivity contribution in [3.63, 3.8) is 0 Å². The molecule has 2 amide bonds. The summed E-state index contributed by atoms with van der Waals surface area (Å²) < 4.78 is 18.1. The molecule has 3 fully saturated rings. The summed E-state index contributed by atoms with van der Waals surface area (Å²) in [6, 6.07) is 4.55. The zero-order valence-electron chi connectivity index (χ0n) is 29.5. The van der Waals surface area contributed by atoms with Gasteiger partial charge in [-0.05, 0) is 82.3 Å². The van der Waals surface area contributed by atoms with Crippen LogP contribution in [0.1, 0.15) is 102 Å². The summed E-state index contributed by atoms with van der Waals surface area (Å²) >= 11 is 0. The molecule has 3 bridgehead atoms. The second kappa shape index (κ2) is 15.2. The van der Waals surface area contributed by atoms with E-state index in [1.54, 1.807) is 13.2 Å². The zero-order chi connectivity index (χ0) is 35.5. The minimum atomic E-state index is -1.41. The number of methoxy groups -OCH3 is 1. The van der Waals surface area contributed by atoms with Crippen molar-refractivity contribution in [3.05, 3.63) is 36.0 Å². The highest BCUT2D eigenvalue weighted by molar-refractivity contribution is 5.95. The molecule has 2 saturated carbocycles. The smallest absolute Gasteiger partial charge is 0.330 e. The summed E-state index contributed by atoms with van der Waals surface area (Å²) in [7, 11) is 1.59. The Labute approximate surface area is 298 Å². The third-order valence-electron chi connectivity index (χ3n) is 11.7. The van der Waals surface area contributed by atoms with E-state index < -0.39 is 35.5 Å². The van der Waals surface area contributed by atoms with E-state index in [4.69, 9.17) is 24.2 Å². The molecule has 1 aromatic carbocycles. The first-order valence-corrected chi connectivity index (χ1v) is 19.0. The van der Waals surface area contributed by atoms with Gasteiger partial charge in [0.25, 0.3) is 0 Å². The first-order chi connectivity index (χ1) is 24.7. The molecule has 2 aromatic rings. The van der Waals surface area contributed by atoms with Gasteiger partial charge in [0.15, 0.2) is 0 Å². The lowest BCUT2D eigenvalue weighted by Crippen LogP contribution is -2.53. The number of benzene rings is 1. The number of rotatable bonds is 2. The number of carboxylic acid groups (broad SMARTS) is 1. The molecule has 4 heterocycles. The summed E-state index contributed by atoms with van der Waals surface area (Å²) in [6.45, 7) is 0.0911. The lowest BCUT2D eigenvalue weighted by molar-refractivity contribution is -0.156. The molecular formula is C39H50N4O8. The van der Waals surface area contributed by atoms with Gasteiger partial charge in [-0.2, -0.15) is 0 Å². The molecule has 12 nitrogen and oxygen atoms in total. The predicted molar refractivity (Wildman–Crippen MR) is 187 cm³/mol. The fraction of sp³-hybridized carbons (Fsp3) is 0.641. The Hall–Kier alpha value is -4.22. The van der Waals surface area contributed by atoms with Gasteiger partial charge in [0.2, 0.25) is 17.7 Å². The molecule has 0 spiro atoms. The summed E-state index contributed by atoms with van der Waals surface area (Å²) in [5, 5.41) is 13.1. The van der Waals surface area contributed by atoms with Crippen molar-refractivity contribution >= 4 is 34.8 Å². The Bertz CT molecular complexity index is 1680. The van der Waals surface area contributed by atoms with Crippen molar-refractivity contribution in [2.45, 2.75) is 127 Å². The Balaban J connectivity index is 1.24. The number of amides is 2. The van der Waals surface area contributed by atoms with Crippen LogP contribution in [0.25, 0.3) is 11.0 Å². The normalized spacial score (nSPS) is 32.8. The fourth-order valence-corrected chi connectivity index (χ4v) is 8.66. The minimum Gasteiger partial charge on any atom is -0.497 e. The van der Waals surface area contributed by atoms with Crippen LogP contribution in [0.4, 0.5) is 0 Å². The van der Waals surface area contributed by atoms with Crippen molar-refractivity contribution in [1.29, 1.82) is 0 Å². The van der Waals surface area contributed by atoms with Crippen molar-refractivity contribution in [2.75, 3.05) is 13.7 Å². The average molecular weight is 703 g/mol. The summed E-state index contributed by atoms with van der Waals surface area (Å²) in [4.78, 5) is 66.0. The number of nitrogens with zero attached hydrogens (tertiary/aromatic N) is 3. The third kappa shape index (κ3) is 7.70. The van der Waals surface area contributed by atoms with Crippen LogP contribution in [0.5, 0.6) is 11.6 Å². The lowest BCUT2D eigenvalue weighted by Gasteiger charge is -2.29. The van der Waals surface area contributed by atoms with E-state index in [-0.39, 0.29) is 43.3 Å². The SMILES string of the molecule is COc1ccc2nc3c(nc2c1)O[C@@H]1C[C@H]2C(=O)N[C@]4(C(=O)O)C[C@H]4/C=C\CCCCC[C@H](CC(=O)O[C@@H]4CCC[C@H]4CCCCC3)C(=O)N2C1. The van der Waals surface area contributed by atoms with Gasteiger partial charge in [-0.25, -0.2) is 14.8 Å². The highest BCUT2D eigenvalue weighted by Gasteiger charge is 2.61. The van der Waals surface area contributed by atoms with Gasteiger partial charge in [0, 0.05) is 24.3 Å². The van der Waals surface area contributed by atoms with Crippen molar-refractivity contribution < 1.29 is 38.5 Å². The number of aliphatic carboxylic acids is 1. The van der Waals surface area contributed by atoms with Gasteiger partial charge < -0.3 is 29.5 Å². The van der Waals surface area contributed by atoms with E-state index in [0.717, 1.165) is 81.8 Å². The van der Waals surface area contributed by atoms with Crippen LogP contribution in [0, 0.1) is 17.8 Å². The Kier molecular flexibility index (Phi) is 10.5. The number of esters is 1. The second-order valence-corrected chi connectivity index (χ2v) is 15.2. The van der Waals surface area contributed by atoms with E-state index in [1.165, 1.54) is 4.90 Å². The predicted octanol–water partition coefficient (Wildman–Crippen LogP) is 5.30. The largest absolute Gasteiger partial charge is 0.497 e. The number of ether oxygens (including phenoxy) is 3.